The van der Waals surface area contributed by atoms with E-state index in [1.165, 1.54) is 0 Å². The van der Waals surface area contributed by atoms with Gasteiger partial charge in [-0.25, -0.2) is 0 Å². The largest absolute Gasteiger partial charge is 0.361 e. The molecule has 0 aromatic rings. The molecule has 9 N–H and O–H groups in total. The fraction of sp³-hybridized carbons (Fsp3) is 1.00. The molecule has 0 radical (unpaired) electrons. The number of unbranched alkanes of at least 4 members (excludes halogenated alkanes) is 2. The van der Waals surface area contributed by atoms with Crippen LogP contribution in [0, 0.1) is 0 Å². The van der Waals surface area contributed by atoms with Crippen molar-refractivity contribution in [3.63, 3.8) is 0 Å². The lowest BCUT2D eigenvalue weighted by atomic mass is 9.90. The van der Waals surface area contributed by atoms with E-state index in [9.17, 15) is 20.4 Å². The van der Waals surface area contributed by atoms with Gasteiger partial charge in [0, 0.05) is 6.42 Å². The Morgan fingerprint density at radius 3 is 1.44 bits per heavy atom. The van der Waals surface area contributed by atoms with Crippen LogP contribution in [0.5, 0.6) is 0 Å². The van der Waals surface area contributed by atoms with Crippen molar-refractivity contribution in [1.29, 1.82) is 0 Å². The molecule has 0 aliphatic rings. The number of hydrogen-bond donors (Lipinski definition) is 9. The normalized spacial score (nSPS) is 15.0. The van der Waals surface area contributed by atoms with Crippen molar-refractivity contribution in [2.24, 2.45) is 0 Å². The van der Waals surface area contributed by atoms with Gasteiger partial charge in [0.05, 0.1) is 0 Å². The molecule has 0 saturated carbocycles. The van der Waals surface area contributed by atoms with Crippen LogP contribution in [0.15, 0.2) is 0 Å². The summed E-state index contributed by atoms with van der Waals surface area (Å²) in [5, 5.41) is 81.2. The number of rotatable bonds is 7. The molecule has 0 aromatic heterocycles. The average Bonchev–Trinajstić information content (AvgIpc) is 2.15. The third kappa shape index (κ3) is 3.15. The molecular formula is C9H20O9. The lowest BCUT2D eigenvalue weighted by Gasteiger charge is -2.45. The molecule has 0 bridgehead atoms. The monoisotopic (exact) mass is 272 g/mol. The maximum atomic E-state index is 9.37. The van der Waals surface area contributed by atoms with E-state index >= 15 is 0 Å². The van der Waals surface area contributed by atoms with E-state index < -0.39 is 29.8 Å². The Bertz CT molecular complexity index is 266. The zero-order valence-corrected chi connectivity index (χ0v) is 9.85. The van der Waals surface area contributed by atoms with Crippen LogP contribution >= 0.6 is 0 Å². The highest BCUT2D eigenvalue weighted by atomic mass is 16.8. The summed E-state index contributed by atoms with van der Waals surface area (Å²) in [5.74, 6) is -16.5. The molecule has 110 valence electrons. The van der Waals surface area contributed by atoms with E-state index in [4.69, 9.17) is 25.5 Å². The maximum absolute atomic E-state index is 9.37. The summed E-state index contributed by atoms with van der Waals surface area (Å²) in [5.41, 5.74) is 0. The standard InChI is InChI=1S/C9H20O9/c1-2-3-4-5-6(10,11)7(12,13)8(14,15)9(16,17)18/h10-18H,2-5H2,1H3. The van der Waals surface area contributed by atoms with Crippen molar-refractivity contribution in [3.8, 4) is 0 Å². The molecule has 0 spiro atoms. The van der Waals surface area contributed by atoms with Gasteiger partial charge in [0.15, 0.2) is 0 Å². The van der Waals surface area contributed by atoms with Crippen molar-refractivity contribution in [2.45, 2.75) is 55.9 Å². The second-order valence-corrected chi connectivity index (χ2v) is 4.25. The number of hydrogen-bond acceptors (Lipinski definition) is 9. The highest BCUT2D eigenvalue weighted by Gasteiger charge is 2.70. The summed E-state index contributed by atoms with van der Waals surface area (Å²) in [6.45, 7) is 1.78. The first-order valence-corrected chi connectivity index (χ1v) is 5.32. The molecule has 0 saturated heterocycles. The highest BCUT2D eigenvalue weighted by molar-refractivity contribution is 4.96. The molecule has 18 heavy (non-hydrogen) atoms. The molecule has 0 atom stereocenters. The highest BCUT2D eigenvalue weighted by Crippen LogP contribution is 2.35. The van der Waals surface area contributed by atoms with E-state index in [1.54, 1.807) is 6.92 Å². The van der Waals surface area contributed by atoms with E-state index in [0.717, 1.165) is 0 Å². The Labute approximate surface area is 103 Å². The minimum Gasteiger partial charge on any atom is -0.361 e. The minimum atomic E-state index is -4.41. The average molecular weight is 272 g/mol. The topological polar surface area (TPSA) is 182 Å². The van der Waals surface area contributed by atoms with Crippen LogP contribution in [0.1, 0.15) is 32.6 Å². The molecule has 0 aromatic carbocycles. The van der Waals surface area contributed by atoms with Crippen molar-refractivity contribution in [3.05, 3.63) is 0 Å². The second kappa shape index (κ2) is 5.33. The van der Waals surface area contributed by atoms with Gasteiger partial charge in [-0.15, -0.1) is 0 Å². The fourth-order valence-electron chi connectivity index (χ4n) is 1.31. The van der Waals surface area contributed by atoms with E-state index in [1.807, 2.05) is 0 Å². The van der Waals surface area contributed by atoms with Crippen LogP contribution in [-0.4, -0.2) is 69.3 Å². The molecule has 0 fully saturated rings. The summed E-state index contributed by atoms with van der Waals surface area (Å²) in [6, 6.07) is 0. The maximum Gasteiger partial charge on any atom is 0.338 e. The number of aliphatic hydroxyl groups is 9. The Hall–Kier alpha value is -0.360. The Kier molecular flexibility index (Phi) is 5.22. The lowest BCUT2D eigenvalue weighted by Crippen LogP contribution is -2.76. The fourth-order valence-corrected chi connectivity index (χ4v) is 1.31. The van der Waals surface area contributed by atoms with Crippen LogP contribution in [0.2, 0.25) is 0 Å². The predicted molar refractivity (Wildman–Crippen MR) is 55.0 cm³/mol. The first-order valence-electron chi connectivity index (χ1n) is 5.32. The molecule has 0 aliphatic heterocycles. The Morgan fingerprint density at radius 1 is 0.667 bits per heavy atom. The molecule has 0 unspecified atom stereocenters. The van der Waals surface area contributed by atoms with Crippen molar-refractivity contribution in [1.82, 2.24) is 0 Å². The quantitative estimate of drug-likeness (QED) is 0.166. The van der Waals surface area contributed by atoms with Crippen LogP contribution in [-0.2, 0) is 0 Å². The summed E-state index contributed by atoms with van der Waals surface area (Å²) < 4.78 is 0. The Balaban J connectivity index is 5.11. The van der Waals surface area contributed by atoms with Gasteiger partial charge in [0.25, 0.3) is 5.79 Å². The second-order valence-electron chi connectivity index (χ2n) is 4.25. The van der Waals surface area contributed by atoms with Gasteiger partial charge in [-0.05, 0) is 6.42 Å². The van der Waals surface area contributed by atoms with Gasteiger partial charge < -0.3 is 46.0 Å². The van der Waals surface area contributed by atoms with Gasteiger partial charge >= 0.3 is 11.8 Å². The van der Waals surface area contributed by atoms with E-state index in [0.29, 0.717) is 12.8 Å². The SMILES string of the molecule is CCCCCC(O)(O)C(O)(O)C(O)(O)C(O)(O)O. The molecule has 0 amide bonds. The van der Waals surface area contributed by atoms with Gasteiger partial charge in [-0.2, -0.15) is 0 Å². The van der Waals surface area contributed by atoms with Gasteiger partial charge in [-0.3, -0.25) is 0 Å². The van der Waals surface area contributed by atoms with Crippen LogP contribution in [0.4, 0.5) is 0 Å². The van der Waals surface area contributed by atoms with Crippen molar-refractivity contribution < 1.29 is 46.0 Å². The molecule has 9 heteroatoms. The first kappa shape index (κ1) is 17.6. The third-order valence-corrected chi connectivity index (χ3v) is 2.64. The summed E-state index contributed by atoms with van der Waals surface area (Å²) in [6.07, 6.45) is 0.517. The molecule has 0 aliphatic carbocycles. The van der Waals surface area contributed by atoms with Gasteiger partial charge in [0.2, 0.25) is 5.79 Å². The summed E-state index contributed by atoms with van der Waals surface area (Å²) in [4.78, 5) is 0. The predicted octanol–water partition coefficient (Wildman–Crippen LogP) is -3.76. The first-order chi connectivity index (χ1) is 7.81. The van der Waals surface area contributed by atoms with Crippen molar-refractivity contribution >= 4 is 0 Å². The minimum absolute atomic E-state index is 0.0811. The Morgan fingerprint density at radius 2 is 1.11 bits per heavy atom. The molecule has 9 nitrogen and oxygen atoms in total. The van der Waals surface area contributed by atoms with Crippen LogP contribution < -0.4 is 0 Å². The molecule has 0 heterocycles. The third-order valence-electron chi connectivity index (χ3n) is 2.64. The summed E-state index contributed by atoms with van der Waals surface area (Å²) >= 11 is 0. The molecule has 0 rings (SSSR count). The molecular weight excluding hydrogens is 252 g/mol. The van der Waals surface area contributed by atoms with Crippen molar-refractivity contribution in [2.75, 3.05) is 0 Å². The van der Waals surface area contributed by atoms with Crippen LogP contribution in [0.25, 0.3) is 0 Å². The summed E-state index contributed by atoms with van der Waals surface area (Å²) in [7, 11) is 0. The van der Waals surface area contributed by atoms with Gasteiger partial charge in [-0.1, -0.05) is 19.8 Å². The van der Waals surface area contributed by atoms with E-state index in [-0.39, 0.29) is 6.42 Å². The van der Waals surface area contributed by atoms with Gasteiger partial charge in [0.1, 0.15) is 0 Å². The van der Waals surface area contributed by atoms with Crippen LogP contribution in [0.3, 0.4) is 0 Å². The zero-order chi connectivity index (χ0) is 14.8. The zero-order valence-electron chi connectivity index (χ0n) is 9.85. The lowest BCUT2D eigenvalue weighted by molar-refractivity contribution is -0.544. The smallest absolute Gasteiger partial charge is 0.338 e. The van der Waals surface area contributed by atoms with E-state index in [2.05, 4.69) is 0 Å².